The molecule has 0 aliphatic carbocycles. The van der Waals surface area contributed by atoms with E-state index < -0.39 is 35.5 Å². The van der Waals surface area contributed by atoms with E-state index in [1.54, 1.807) is 13.8 Å². The SMILES string of the molecule is C=N/C(=C\N=C(C)C(F)(F)F)OC[C@H](C)N(CC)C(=O)c1cc(F)c(F)cc1-n1nccn1. The van der Waals surface area contributed by atoms with E-state index in [-0.39, 0.29) is 30.3 Å². The minimum absolute atomic E-state index is 0.0687. The van der Waals surface area contributed by atoms with E-state index in [1.165, 1.54) is 17.3 Å². The summed E-state index contributed by atoms with van der Waals surface area (Å²) in [5.41, 5.74) is -1.37. The zero-order chi connectivity index (χ0) is 24.8. The Labute approximate surface area is 186 Å². The highest BCUT2D eigenvalue weighted by molar-refractivity contribution is 5.98. The first-order chi connectivity index (χ1) is 15.5. The zero-order valence-electron chi connectivity index (χ0n) is 18.0. The fraction of sp³-hybridized carbons (Fsp3) is 0.350. The number of carbonyl (C=O) groups is 1. The van der Waals surface area contributed by atoms with E-state index in [2.05, 4.69) is 26.9 Å². The third-order valence-corrected chi connectivity index (χ3v) is 4.44. The maximum Gasteiger partial charge on any atom is 0.429 e. The second kappa shape index (κ2) is 10.8. The Bertz CT molecular complexity index is 1050. The number of benzene rings is 1. The number of nitrogens with zero attached hydrogens (tertiary/aromatic N) is 6. The number of aromatic nitrogens is 3. The quantitative estimate of drug-likeness (QED) is 0.314. The van der Waals surface area contributed by atoms with Crippen LogP contribution < -0.4 is 0 Å². The predicted octanol–water partition coefficient (Wildman–Crippen LogP) is 3.94. The molecule has 8 nitrogen and oxygen atoms in total. The molecule has 0 bridgehead atoms. The molecule has 0 saturated carbocycles. The van der Waals surface area contributed by atoms with Gasteiger partial charge in [0.15, 0.2) is 11.6 Å². The lowest BCUT2D eigenvalue weighted by Crippen LogP contribution is -2.41. The first-order valence-electron chi connectivity index (χ1n) is 9.57. The van der Waals surface area contributed by atoms with Gasteiger partial charge in [-0.25, -0.2) is 13.8 Å². The molecule has 0 N–H and O–H groups in total. The van der Waals surface area contributed by atoms with Crippen molar-refractivity contribution >= 4 is 18.3 Å². The van der Waals surface area contributed by atoms with Crippen molar-refractivity contribution in [2.75, 3.05) is 13.2 Å². The number of rotatable bonds is 9. The molecule has 178 valence electrons. The smallest absolute Gasteiger partial charge is 0.429 e. The molecular formula is C20H21F5N6O2. The predicted molar refractivity (Wildman–Crippen MR) is 110 cm³/mol. The highest BCUT2D eigenvalue weighted by Crippen LogP contribution is 2.21. The van der Waals surface area contributed by atoms with Gasteiger partial charge in [-0.05, 0) is 33.6 Å². The lowest BCUT2D eigenvalue weighted by molar-refractivity contribution is -0.0592. The van der Waals surface area contributed by atoms with E-state index >= 15 is 0 Å². The van der Waals surface area contributed by atoms with Gasteiger partial charge < -0.3 is 9.64 Å². The van der Waals surface area contributed by atoms with Gasteiger partial charge in [0.1, 0.15) is 18.0 Å². The fourth-order valence-electron chi connectivity index (χ4n) is 2.67. The van der Waals surface area contributed by atoms with Gasteiger partial charge in [0.25, 0.3) is 5.91 Å². The number of amides is 1. The molecule has 13 heteroatoms. The lowest BCUT2D eigenvalue weighted by Gasteiger charge is -2.28. The average Bonchev–Trinajstić information content (AvgIpc) is 3.29. The first-order valence-corrected chi connectivity index (χ1v) is 9.57. The summed E-state index contributed by atoms with van der Waals surface area (Å²) in [6.07, 6.45) is -1.23. The molecule has 0 unspecified atom stereocenters. The molecular weight excluding hydrogens is 451 g/mol. The van der Waals surface area contributed by atoms with Crippen LogP contribution in [0.5, 0.6) is 0 Å². The molecule has 2 rings (SSSR count). The van der Waals surface area contributed by atoms with Crippen LogP contribution in [0.25, 0.3) is 5.69 Å². The summed E-state index contributed by atoms with van der Waals surface area (Å²) >= 11 is 0. The van der Waals surface area contributed by atoms with Crippen LogP contribution in [0.15, 0.2) is 46.6 Å². The van der Waals surface area contributed by atoms with E-state index in [4.69, 9.17) is 4.74 Å². The topological polar surface area (TPSA) is 85.0 Å². The van der Waals surface area contributed by atoms with Gasteiger partial charge in [-0.2, -0.15) is 28.2 Å². The Morgan fingerprint density at radius 1 is 1.27 bits per heavy atom. The molecule has 1 heterocycles. The van der Waals surface area contributed by atoms with Crippen molar-refractivity contribution in [1.82, 2.24) is 19.9 Å². The molecule has 2 aromatic rings. The van der Waals surface area contributed by atoms with Crippen LogP contribution in [0.3, 0.4) is 0 Å². The summed E-state index contributed by atoms with van der Waals surface area (Å²) in [5.74, 6) is -3.36. The second-order valence-corrected chi connectivity index (χ2v) is 6.69. The fourth-order valence-corrected chi connectivity index (χ4v) is 2.67. The van der Waals surface area contributed by atoms with Gasteiger partial charge in [0, 0.05) is 12.6 Å². The summed E-state index contributed by atoms with van der Waals surface area (Å²) < 4.78 is 70.7. The van der Waals surface area contributed by atoms with Crippen molar-refractivity contribution in [2.24, 2.45) is 9.98 Å². The summed E-state index contributed by atoms with van der Waals surface area (Å²) in [4.78, 5) is 22.1. The number of hydrogen-bond donors (Lipinski definition) is 0. The third-order valence-electron chi connectivity index (χ3n) is 4.44. The number of halogens is 5. The molecule has 0 fully saturated rings. The molecule has 0 spiro atoms. The molecule has 0 radical (unpaired) electrons. The standard InChI is InChI=1S/C20H21F5N6O2/c1-5-30(12(2)11-33-18(26-4)10-27-13(3)20(23,24)25)19(32)14-8-15(21)16(22)9-17(14)31-28-6-7-29-31/h6-10,12H,4-5,11H2,1-3H3/b18-10+,27-13?/t12-/m0/s1. The van der Waals surface area contributed by atoms with Gasteiger partial charge in [-0.15, -0.1) is 0 Å². The first kappa shape index (κ1) is 25.6. The Morgan fingerprint density at radius 2 is 1.88 bits per heavy atom. The summed E-state index contributed by atoms with van der Waals surface area (Å²) in [6, 6.07) is 0.908. The maximum absolute atomic E-state index is 13.9. The average molecular weight is 472 g/mol. The van der Waals surface area contributed by atoms with E-state index in [1.807, 2.05) is 0 Å². The van der Waals surface area contributed by atoms with Crippen LogP contribution in [0.1, 0.15) is 31.1 Å². The molecule has 1 aromatic carbocycles. The van der Waals surface area contributed by atoms with Crippen LogP contribution in [0, 0.1) is 11.6 Å². The van der Waals surface area contributed by atoms with Gasteiger partial charge in [-0.3, -0.25) is 9.79 Å². The summed E-state index contributed by atoms with van der Waals surface area (Å²) in [7, 11) is 0. The number of aliphatic imine (C=N–C) groups is 2. The minimum Gasteiger partial charge on any atom is -0.474 e. The highest BCUT2D eigenvalue weighted by Gasteiger charge is 2.31. The Kier molecular flexibility index (Phi) is 8.38. The Balaban J connectivity index is 2.24. The molecule has 1 aromatic heterocycles. The van der Waals surface area contributed by atoms with Crippen LogP contribution >= 0.6 is 0 Å². The van der Waals surface area contributed by atoms with Crippen molar-refractivity contribution in [3.05, 3.63) is 53.8 Å². The van der Waals surface area contributed by atoms with Crippen molar-refractivity contribution in [2.45, 2.75) is 33.0 Å². The zero-order valence-corrected chi connectivity index (χ0v) is 18.0. The minimum atomic E-state index is -4.60. The molecule has 1 amide bonds. The van der Waals surface area contributed by atoms with E-state index in [9.17, 15) is 26.7 Å². The largest absolute Gasteiger partial charge is 0.474 e. The van der Waals surface area contributed by atoms with Crippen LogP contribution in [-0.4, -0.2) is 63.6 Å². The van der Waals surface area contributed by atoms with Gasteiger partial charge in [0.2, 0.25) is 5.88 Å². The van der Waals surface area contributed by atoms with Crippen molar-refractivity contribution in [3.8, 4) is 5.69 Å². The summed E-state index contributed by atoms with van der Waals surface area (Å²) in [5, 5.41) is 7.71. The molecule has 0 aliphatic heterocycles. The second-order valence-electron chi connectivity index (χ2n) is 6.69. The van der Waals surface area contributed by atoms with E-state index in [0.29, 0.717) is 0 Å². The normalized spacial score (nSPS) is 13.6. The van der Waals surface area contributed by atoms with Gasteiger partial charge >= 0.3 is 6.18 Å². The molecule has 0 aliphatic rings. The molecule has 33 heavy (non-hydrogen) atoms. The Hall–Kier alpha value is -3.64. The van der Waals surface area contributed by atoms with Crippen LogP contribution in [0.4, 0.5) is 22.0 Å². The lowest BCUT2D eigenvalue weighted by atomic mass is 10.1. The number of likely N-dealkylation sites (N-methyl/N-ethyl adjacent to an activating group) is 1. The number of ether oxygens (including phenoxy) is 1. The maximum atomic E-state index is 13.9. The van der Waals surface area contributed by atoms with Crippen molar-refractivity contribution in [3.63, 3.8) is 0 Å². The van der Waals surface area contributed by atoms with Crippen molar-refractivity contribution in [1.29, 1.82) is 0 Å². The molecule has 1 atom stereocenters. The summed E-state index contributed by atoms with van der Waals surface area (Å²) in [6.45, 7) is 7.21. The highest BCUT2D eigenvalue weighted by atomic mass is 19.4. The molecule has 0 saturated heterocycles. The van der Waals surface area contributed by atoms with E-state index in [0.717, 1.165) is 30.1 Å². The number of alkyl halides is 3. The monoisotopic (exact) mass is 472 g/mol. The van der Waals surface area contributed by atoms with Crippen LogP contribution in [-0.2, 0) is 4.74 Å². The third kappa shape index (κ3) is 6.43. The van der Waals surface area contributed by atoms with Crippen LogP contribution in [0.2, 0.25) is 0 Å². The number of carbonyl (C=O) groups excluding carboxylic acids is 1. The van der Waals surface area contributed by atoms with Gasteiger partial charge in [0.05, 0.1) is 30.2 Å². The van der Waals surface area contributed by atoms with Crippen molar-refractivity contribution < 1.29 is 31.5 Å². The number of hydrogen-bond acceptors (Lipinski definition) is 6. The van der Waals surface area contributed by atoms with Gasteiger partial charge in [-0.1, -0.05) is 0 Å². The Morgan fingerprint density at radius 3 is 2.42 bits per heavy atom.